The van der Waals surface area contributed by atoms with E-state index in [-0.39, 0.29) is 42.1 Å². The zero-order valence-electron chi connectivity index (χ0n) is 34.1. The molecule has 2 aliphatic carbocycles. The Morgan fingerprint density at radius 3 is 2.15 bits per heavy atom. The lowest BCUT2D eigenvalue weighted by atomic mass is 9.56. The van der Waals surface area contributed by atoms with E-state index in [1.807, 2.05) is 66.7 Å². The summed E-state index contributed by atoms with van der Waals surface area (Å²) in [6, 6.07) is 45.4. The summed E-state index contributed by atoms with van der Waals surface area (Å²) in [5, 5.41) is 24.7. The first-order valence-corrected chi connectivity index (χ1v) is 22.3. The van der Waals surface area contributed by atoms with E-state index in [1.165, 1.54) is 0 Å². The molecule has 1 aliphatic heterocycles. The molecule has 0 saturated heterocycles. The van der Waals surface area contributed by atoms with Crippen LogP contribution < -0.4 is 9.47 Å². The number of thioether (sulfide) groups is 1. The molecule has 3 aliphatic rings. The molecule has 0 unspecified atom stereocenters. The summed E-state index contributed by atoms with van der Waals surface area (Å²) < 4.78 is 21.1. The molecule has 8 heteroatoms. The van der Waals surface area contributed by atoms with Crippen molar-refractivity contribution >= 4 is 17.5 Å². The van der Waals surface area contributed by atoms with Crippen LogP contribution >= 0.6 is 11.8 Å². The molecule has 8 rings (SSSR count). The van der Waals surface area contributed by atoms with Gasteiger partial charge in [-0.3, -0.25) is 0 Å². The second-order valence-electron chi connectivity index (χ2n) is 15.9. The minimum atomic E-state index is -1.07. The molecule has 60 heavy (non-hydrogen) atoms. The molecular formula is C52H55NO6S. The van der Waals surface area contributed by atoms with Gasteiger partial charge in [-0.1, -0.05) is 121 Å². The first kappa shape index (κ1) is 41.6. The molecule has 1 saturated carbocycles. The standard InChI is InChI=1S/C52H55NO6S/c1-2-32-56-52-49(60-43-21-10-5-11-22-43)35-47(53-57-36-37-16-6-3-7-17-37)45-33-40(20-12-14-30-54)44(23-13-15-31-55)50(51(45)52)46-34-42(28-29-48(46)59-52)58-41-26-24-39(25-27-41)38-18-8-4-9-19-38/h2-11,16-19,21-22,24-29,33-34,40,44,49-51,54-55H,1,12-15,20,23,30-32,35-36H2/t40-,44+,49-,50+,51+,52+/m0/s1. The van der Waals surface area contributed by atoms with E-state index in [4.69, 9.17) is 24.2 Å². The molecule has 310 valence electrons. The largest absolute Gasteiger partial charge is 0.460 e. The van der Waals surface area contributed by atoms with Gasteiger partial charge >= 0.3 is 0 Å². The maximum absolute atomic E-state index is 9.99. The average Bonchev–Trinajstić information content (AvgIpc) is 3.29. The molecule has 1 fully saturated rings. The van der Waals surface area contributed by atoms with E-state index >= 15 is 0 Å². The lowest BCUT2D eigenvalue weighted by Gasteiger charge is -2.58. The van der Waals surface area contributed by atoms with Crippen molar-refractivity contribution in [2.75, 3.05) is 19.8 Å². The molecule has 0 spiro atoms. The Balaban J connectivity index is 1.25. The van der Waals surface area contributed by atoms with Gasteiger partial charge in [-0.25, -0.2) is 0 Å². The summed E-state index contributed by atoms with van der Waals surface area (Å²) in [5.74, 6) is 1.28. The normalized spacial score (nSPS) is 23.5. The van der Waals surface area contributed by atoms with E-state index in [2.05, 4.69) is 85.5 Å². The molecule has 0 bridgehead atoms. The topological polar surface area (TPSA) is 89.7 Å². The predicted molar refractivity (Wildman–Crippen MR) is 240 cm³/mol. The highest BCUT2D eigenvalue weighted by Crippen LogP contribution is 2.63. The van der Waals surface area contributed by atoms with Gasteiger partial charge in [0.15, 0.2) is 0 Å². The van der Waals surface area contributed by atoms with Crippen molar-refractivity contribution in [3.05, 3.63) is 169 Å². The van der Waals surface area contributed by atoms with Gasteiger partial charge in [-0.2, -0.15) is 0 Å². The Bertz CT molecular complexity index is 2210. The van der Waals surface area contributed by atoms with Crippen LogP contribution in [0.3, 0.4) is 0 Å². The number of rotatable bonds is 19. The Morgan fingerprint density at radius 2 is 1.43 bits per heavy atom. The summed E-state index contributed by atoms with van der Waals surface area (Å²) in [4.78, 5) is 7.35. The quantitative estimate of drug-likeness (QED) is 0.0487. The first-order chi connectivity index (χ1) is 29.6. The average molecular weight is 822 g/mol. The number of oxime groups is 1. The van der Waals surface area contributed by atoms with E-state index in [0.29, 0.717) is 19.6 Å². The molecule has 2 N–H and O–H groups in total. The van der Waals surface area contributed by atoms with Crippen molar-refractivity contribution in [1.29, 1.82) is 0 Å². The summed E-state index contributed by atoms with van der Waals surface area (Å²) in [6.45, 7) is 5.05. The zero-order valence-corrected chi connectivity index (χ0v) is 34.9. The molecule has 6 atom stereocenters. The molecule has 7 nitrogen and oxygen atoms in total. The molecule has 5 aromatic rings. The van der Waals surface area contributed by atoms with Crippen molar-refractivity contribution in [3.63, 3.8) is 0 Å². The van der Waals surface area contributed by atoms with E-state index in [0.717, 1.165) is 94.2 Å². The van der Waals surface area contributed by atoms with E-state index in [1.54, 1.807) is 11.8 Å². The summed E-state index contributed by atoms with van der Waals surface area (Å²) in [7, 11) is 0. The van der Waals surface area contributed by atoms with Crippen LogP contribution in [0.15, 0.2) is 168 Å². The third-order valence-corrected chi connectivity index (χ3v) is 13.4. The van der Waals surface area contributed by atoms with Crippen LogP contribution in [0.2, 0.25) is 0 Å². The summed E-state index contributed by atoms with van der Waals surface area (Å²) in [5.41, 5.74) is 6.42. The Hall–Kier alpha value is -5.12. The molecule has 0 amide bonds. The minimum Gasteiger partial charge on any atom is -0.460 e. The molecule has 0 radical (unpaired) electrons. The highest BCUT2D eigenvalue weighted by Gasteiger charge is 2.64. The smallest absolute Gasteiger partial charge is 0.231 e. The van der Waals surface area contributed by atoms with Gasteiger partial charge in [0.05, 0.1) is 23.5 Å². The molecule has 0 aromatic heterocycles. The van der Waals surface area contributed by atoms with Gasteiger partial charge in [0.25, 0.3) is 0 Å². The molecular weight excluding hydrogens is 767 g/mol. The van der Waals surface area contributed by atoms with Crippen molar-refractivity contribution in [2.45, 2.75) is 73.4 Å². The maximum atomic E-state index is 9.99. The maximum Gasteiger partial charge on any atom is 0.231 e. The number of allylic oxidation sites excluding steroid dienone is 1. The van der Waals surface area contributed by atoms with Crippen LogP contribution in [0, 0.1) is 17.8 Å². The first-order valence-electron chi connectivity index (χ1n) is 21.4. The fourth-order valence-electron chi connectivity index (χ4n) is 9.39. The number of fused-ring (bicyclic) bond motifs is 2. The Morgan fingerprint density at radius 1 is 0.767 bits per heavy atom. The van der Waals surface area contributed by atoms with Gasteiger partial charge < -0.3 is 29.3 Å². The van der Waals surface area contributed by atoms with Crippen LogP contribution in [0.4, 0.5) is 0 Å². The lowest BCUT2D eigenvalue weighted by Crippen LogP contribution is -2.64. The third kappa shape index (κ3) is 9.27. The van der Waals surface area contributed by atoms with Crippen molar-refractivity contribution in [3.8, 4) is 28.4 Å². The van der Waals surface area contributed by atoms with Gasteiger partial charge in [-0.15, -0.1) is 18.3 Å². The van der Waals surface area contributed by atoms with Crippen LogP contribution in [-0.2, 0) is 16.2 Å². The minimum absolute atomic E-state index is 0.0427. The van der Waals surface area contributed by atoms with Gasteiger partial charge in [-0.05, 0) is 102 Å². The molecule has 5 aromatic carbocycles. The van der Waals surface area contributed by atoms with Crippen molar-refractivity contribution in [2.24, 2.45) is 22.9 Å². The van der Waals surface area contributed by atoms with Crippen LogP contribution in [-0.4, -0.2) is 46.8 Å². The monoisotopic (exact) mass is 821 g/mol. The Kier molecular flexibility index (Phi) is 13.8. The van der Waals surface area contributed by atoms with Gasteiger partial charge in [0, 0.05) is 36.0 Å². The second-order valence-corrected chi connectivity index (χ2v) is 17.2. The van der Waals surface area contributed by atoms with Crippen molar-refractivity contribution in [1.82, 2.24) is 0 Å². The highest BCUT2D eigenvalue weighted by atomic mass is 32.2. The number of ether oxygens (including phenoxy) is 3. The zero-order chi connectivity index (χ0) is 41.2. The second kappa shape index (κ2) is 20.0. The fraction of sp³-hybridized carbons (Fsp3) is 0.327. The van der Waals surface area contributed by atoms with Crippen LogP contribution in [0.25, 0.3) is 11.1 Å². The third-order valence-electron chi connectivity index (χ3n) is 12.1. The fourth-order valence-corrected chi connectivity index (χ4v) is 10.7. The molecule has 1 heterocycles. The van der Waals surface area contributed by atoms with E-state index in [9.17, 15) is 10.2 Å². The van der Waals surface area contributed by atoms with Gasteiger partial charge in [0.2, 0.25) is 5.79 Å². The number of aliphatic hydroxyl groups is 2. The van der Waals surface area contributed by atoms with Crippen LogP contribution in [0.1, 0.15) is 62.0 Å². The summed E-state index contributed by atoms with van der Waals surface area (Å²) >= 11 is 1.76. The number of hydrogen-bond acceptors (Lipinski definition) is 8. The highest BCUT2D eigenvalue weighted by molar-refractivity contribution is 8.00. The Labute approximate surface area is 358 Å². The van der Waals surface area contributed by atoms with E-state index < -0.39 is 5.79 Å². The van der Waals surface area contributed by atoms with Crippen molar-refractivity contribution < 1.29 is 29.3 Å². The number of nitrogens with zero attached hydrogens (tertiary/aromatic N) is 1. The SMILES string of the molecule is C=CCO[C@@]12Oc3ccc(Oc4ccc(-c5ccccc5)cc4)cc3[C@H]3[C@H](CCCCO)[C@@H](CCCCO)C=C(C(=NOCc4ccccc4)C[C@@H]1Sc1ccccc1)[C@H]32. The number of benzene rings is 5. The van der Waals surface area contributed by atoms with Gasteiger partial charge in [0.1, 0.15) is 23.9 Å². The predicted octanol–water partition coefficient (Wildman–Crippen LogP) is 11.8. The van der Waals surface area contributed by atoms with Crippen LogP contribution in [0.5, 0.6) is 17.2 Å². The summed E-state index contributed by atoms with van der Waals surface area (Å²) in [6.07, 6.45) is 9.87. The number of unbranched alkanes of at least 4 members (excludes halogenated alkanes) is 2. The number of hydrogen-bond donors (Lipinski definition) is 2. The lowest BCUT2D eigenvalue weighted by molar-refractivity contribution is -0.223. The number of aliphatic hydroxyl groups excluding tert-OH is 2.